The molecule has 9 heterocycles. The van der Waals surface area contributed by atoms with E-state index < -0.39 is 46.3 Å². The van der Waals surface area contributed by atoms with Gasteiger partial charge in [0.15, 0.2) is 16.9 Å². The number of hydrogen-bond acceptors (Lipinski definition) is 15. The molecule has 0 spiro atoms. The van der Waals surface area contributed by atoms with Gasteiger partial charge in [0, 0.05) is 120 Å². The first-order chi connectivity index (χ1) is 57.1. The fourth-order valence-electron chi connectivity index (χ4n) is 17.8. The monoisotopic (exact) mass is 1730 g/mol. The van der Waals surface area contributed by atoms with Crippen LogP contribution in [-0.2, 0) is 45.0 Å². The molecule has 0 bridgehead atoms. The predicted molar refractivity (Wildman–Crippen MR) is 461 cm³/mol. The molecule has 3 aliphatic carbocycles. The van der Waals surface area contributed by atoms with Gasteiger partial charge in [0.05, 0.1) is 75.1 Å². The Kier molecular flexibility index (Phi) is 25.1. The highest BCUT2D eigenvalue weighted by molar-refractivity contribution is 6.31. The molecular weight excluding hydrogens is 1620 g/mol. The zero-order valence-electron chi connectivity index (χ0n) is 72.0. The van der Waals surface area contributed by atoms with Crippen LogP contribution in [0.3, 0.4) is 0 Å². The molecule has 6 amide bonds. The maximum atomic E-state index is 13.9. The molecule has 3 N–H and O–H groups in total. The summed E-state index contributed by atoms with van der Waals surface area (Å²) in [5, 5.41) is 43.2. The fraction of sp³-hybridized carbons (Fsp3) is 0.505. The molecule has 122 heavy (non-hydrogen) atoms. The van der Waals surface area contributed by atoms with Crippen LogP contribution in [0.5, 0.6) is 0 Å². The van der Waals surface area contributed by atoms with Gasteiger partial charge in [-0.1, -0.05) is 121 Å². The largest absolute Gasteiger partial charge is 0.481 e. The van der Waals surface area contributed by atoms with E-state index in [-0.39, 0.29) is 92.0 Å². The van der Waals surface area contributed by atoms with Gasteiger partial charge in [0.1, 0.15) is 22.9 Å². The number of imidazole rings is 3. The molecule has 9 aromatic rings. The second kappa shape index (κ2) is 34.3. The molecule has 3 saturated carbocycles. The van der Waals surface area contributed by atoms with Crippen LogP contribution in [0.4, 0.5) is 4.39 Å². The lowest BCUT2D eigenvalue weighted by Crippen LogP contribution is -2.63. The number of aromatic nitrogens is 9. The van der Waals surface area contributed by atoms with Crippen molar-refractivity contribution < 1.29 is 62.9 Å². The minimum absolute atomic E-state index is 0.000927. The van der Waals surface area contributed by atoms with Gasteiger partial charge in [-0.25, -0.2) is 32.9 Å². The summed E-state index contributed by atoms with van der Waals surface area (Å²) in [5.41, 5.74) is 7.42. The third-order valence-corrected chi connectivity index (χ3v) is 25.7. The number of amides is 6. The third kappa shape index (κ3) is 19.0. The number of carboxylic acid groups (broad SMARTS) is 3. The van der Waals surface area contributed by atoms with E-state index in [1.165, 1.54) is 12.1 Å². The van der Waals surface area contributed by atoms with Gasteiger partial charge in [-0.2, -0.15) is 15.3 Å². The molecule has 3 aromatic carbocycles. The van der Waals surface area contributed by atoms with Crippen LogP contribution in [0.1, 0.15) is 216 Å². The van der Waals surface area contributed by atoms with E-state index in [0.29, 0.717) is 173 Å². The van der Waals surface area contributed by atoms with Gasteiger partial charge < -0.3 is 44.7 Å². The van der Waals surface area contributed by atoms with Gasteiger partial charge in [-0.15, -0.1) is 0 Å². The van der Waals surface area contributed by atoms with Crippen molar-refractivity contribution in [3.05, 3.63) is 158 Å². The fourth-order valence-corrected chi connectivity index (χ4v) is 18.2. The van der Waals surface area contributed by atoms with Crippen molar-refractivity contribution in [3.8, 4) is 33.8 Å². The third-order valence-electron chi connectivity index (χ3n) is 24.9. The Morgan fingerprint density at radius 2 is 0.656 bits per heavy atom. The number of carboxylic acids is 3. The number of carbonyl (C=O) groups excluding carboxylic acids is 6. The number of carbonyl (C=O) groups is 9. The lowest BCUT2D eigenvalue weighted by molar-refractivity contribution is -0.153. The Hall–Kier alpha value is -10.4. The summed E-state index contributed by atoms with van der Waals surface area (Å²) >= 11 is 18.2. The number of nitrogens with zero attached hydrogens (tertiary/aromatic N) is 15. The van der Waals surface area contributed by atoms with Crippen molar-refractivity contribution in [1.82, 2.24) is 73.2 Å². The topological polar surface area (TPSA) is 324 Å². The summed E-state index contributed by atoms with van der Waals surface area (Å²) in [4.78, 5) is 140. The molecule has 648 valence electrons. The molecule has 3 saturated heterocycles. The summed E-state index contributed by atoms with van der Waals surface area (Å²) in [6.45, 7) is 34.0. The second-order valence-electron chi connectivity index (χ2n) is 38.5. The summed E-state index contributed by atoms with van der Waals surface area (Å²) < 4.78 is 18.8. The number of fused-ring (bicyclic) bond motifs is 3. The quantitative estimate of drug-likeness (QED) is 0.102. The number of aliphatic carboxylic acids is 3. The summed E-state index contributed by atoms with van der Waals surface area (Å²) in [6, 6.07) is 25.4. The van der Waals surface area contributed by atoms with E-state index in [9.17, 15) is 57.8 Å². The van der Waals surface area contributed by atoms with Crippen LogP contribution < -0.4 is 0 Å². The van der Waals surface area contributed by atoms with Gasteiger partial charge >= 0.3 is 17.9 Å². The molecule has 6 fully saturated rings. The standard InChI is InChI=1S/C31H37ClFN5O4.C31H38ClN5O4.C29H34ClN5O4/c1-30(2,3)21-15-24(20-10-11-23(33)22(32)14-20)35-38-16-25(34-26(21)38)28(40)37-13-12-36(17-31(37,4)5)27(39)18-6-8-19(9-7-18)29(41)42;1-30(2,3)23-16-24(19-10-12-22(32)13-11-19)34-37-17-25(33-26(23)37)28(39)36-15-14-35(18-31(36,4)5)27(38)20-6-8-21(9-7-20)29(40)41;1-28(2,3)21-14-22(17-6-8-20(30)9-7-17)32-35-15-23(31-24(21)35)26(37)34-11-10-33(16-29(34,4)5)25(36)18-12-19(13-18)27(38)39/h10-11,14-16,18-19H,6-9,12-13,17H2,1-5H3,(H,41,42);10-13,16-17,20-21H,6-9,14-15,18H2,1-5H3,(H,40,41);6-9,14-15,18-19H,10-13,16H2,1-5H3,(H,38,39). The summed E-state index contributed by atoms with van der Waals surface area (Å²) in [7, 11) is 0. The number of piperazine rings is 3. The highest BCUT2D eigenvalue weighted by Crippen LogP contribution is 2.41. The molecule has 6 aliphatic rings. The Bertz CT molecular complexity index is 5560. The molecule has 0 unspecified atom stereocenters. The van der Waals surface area contributed by atoms with Gasteiger partial charge in [-0.05, 0) is 183 Å². The maximum absolute atomic E-state index is 13.9. The SMILES string of the molecule is CC(C)(C)c1cc(-c2ccc(Cl)cc2)nn2cc(C(=O)N3CCN(C(=O)C4CC(C(=O)O)C4)CC3(C)C)nc12.CC(C)(C)c1cc(-c2ccc(Cl)cc2)nn2cc(C(=O)N3CCN(C(=O)C4CCC(C(=O)O)CC4)CC3(C)C)nc12.CC(C)(C)c1cc(-c2ccc(F)c(Cl)c2)nn2cc(C(=O)N3CCN(C(=O)C4CCC(C(=O)O)CC4)CC3(C)C)nc12. The van der Waals surface area contributed by atoms with Gasteiger partial charge in [0.25, 0.3) is 17.7 Å². The van der Waals surface area contributed by atoms with Crippen LogP contribution in [0, 0.1) is 41.3 Å². The molecular formula is C91H109Cl3FN15O12. The Balaban J connectivity index is 0.000000158. The van der Waals surface area contributed by atoms with Crippen molar-refractivity contribution in [1.29, 1.82) is 0 Å². The molecule has 3 aliphatic heterocycles. The number of halogens is 4. The Morgan fingerprint density at radius 1 is 0.377 bits per heavy atom. The van der Waals surface area contributed by atoms with Crippen molar-refractivity contribution in [2.75, 3.05) is 58.9 Å². The van der Waals surface area contributed by atoms with E-state index in [0.717, 1.165) is 39.2 Å². The Morgan fingerprint density at radius 3 is 0.934 bits per heavy atom. The summed E-state index contributed by atoms with van der Waals surface area (Å²) in [6.07, 6.45) is 10.2. The van der Waals surface area contributed by atoms with Crippen LogP contribution in [0.2, 0.25) is 15.1 Å². The first-order valence-electron chi connectivity index (χ1n) is 41.9. The summed E-state index contributed by atoms with van der Waals surface area (Å²) in [5.74, 6) is -5.22. The van der Waals surface area contributed by atoms with Crippen LogP contribution >= 0.6 is 34.8 Å². The van der Waals surface area contributed by atoms with E-state index >= 15 is 0 Å². The minimum atomic E-state index is -0.841. The van der Waals surface area contributed by atoms with E-state index in [1.807, 2.05) is 139 Å². The van der Waals surface area contributed by atoms with E-state index in [4.69, 9.17) is 70.2 Å². The number of benzene rings is 3. The van der Waals surface area contributed by atoms with Crippen LogP contribution in [-0.4, -0.2) is 217 Å². The van der Waals surface area contributed by atoms with Crippen molar-refractivity contribution in [2.45, 2.75) is 201 Å². The predicted octanol–water partition coefficient (Wildman–Crippen LogP) is 15.3. The highest BCUT2D eigenvalue weighted by atomic mass is 35.5. The zero-order chi connectivity index (χ0) is 88.5. The average Bonchev–Trinajstić information content (AvgIpc) is 1.70. The lowest BCUT2D eigenvalue weighted by Gasteiger charge is -2.48. The molecule has 27 nitrogen and oxygen atoms in total. The smallest absolute Gasteiger partial charge is 0.306 e. The van der Waals surface area contributed by atoms with Crippen molar-refractivity contribution in [2.24, 2.45) is 35.5 Å². The van der Waals surface area contributed by atoms with Crippen LogP contribution in [0.25, 0.3) is 50.7 Å². The zero-order valence-corrected chi connectivity index (χ0v) is 74.2. The van der Waals surface area contributed by atoms with Crippen LogP contribution in [0.15, 0.2) is 104 Å². The lowest BCUT2D eigenvalue weighted by atomic mass is 9.74. The van der Waals surface area contributed by atoms with Gasteiger partial charge in [0.2, 0.25) is 17.7 Å². The maximum Gasteiger partial charge on any atom is 0.306 e. The van der Waals surface area contributed by atoms with E-state index in [1.54, 1.807) is 57.8 Å². The normalized spacial score (nSPS) is 21.1. The Labute approximate surface area is 724 Å². The van der Waals surface area contributed by atoms with Crippen molar-refractivity contribution in [3.63, 3.8) is 0 Å². The molecule has 0 atom stereocenters. The highest BCUT2D eigenvalue weighted by Gasteiger charge is 2.48. The first kappa shape index (κ1) is 89.3. The number of hydrogen-bond donors (Lipinski definition) is 3. The molecule has 15 rings (SSSR count). The minimum Gasteiger partial charge on any atom is -0.481 e. The van der Waals surface area contributed by atoms with E-state index in [2.05, 4.69) is 41.5 Å². The molecule has 0 radical (unpaired) electrons. The van der Waals surface area contributed by atoms with Crippen molar-refractivity contribution >= 4 is 105 Å². The first-order valence-corrected chi connectivity index (χ1v) is 43.0. The number of rotatable bonds is 12. The average molecular weight is 1730 g/mol. The molecule has 6 aromatic heterocycles. The molecule has 31 heteroatoms. The second-order valence-corrected chi connectivity index (χ2v) is 39.7. The van der Waals surface area contributed by atoms with Gasteiger partial charge in [-0.3, -0.25) is 43.2 Å².